The van der Waals surface area contributed by atoms with Gasteiger partial charge in [-0.15, -0.1) is 0 Å². The van der Waals surface area contributed by atoms with Crippen LogP contribution in [0.5, 0.6) is 0 Å². The Morgan fingerprint density at radius 1 is 0.864 bits per heavy atom. The summed E-state index contributed by atoms with van der Waals surface area (Å²) in [6, 6.07) is 19.2. The number of carbonyl (C=O) groups excluding carboxylic acids is 4. The number of rotatable bonds is 15. The van der Waals surface area contributed by atoms with E-state index in [4.69, 9.17) is 5.73 Å². The molecular formula is C31H34F3N5O5. The number of carbonyl (C=O) groups is 4. The van der Waals surface area contributed by atoms with Gasteiger partial charge in [-0.1, -0.05) is 60.7 Å². The first-order valence-electron chi connectivity index (χ1n) is 14.0. The Balaban J connectivity index is 1.70. The smallest absolute Gasteiger partial charge is 0.386 e. The maximum absolute atomic E-state index is 13.3. The van der Waals surface area contributed by atoms with E-state index in [0.717, 1.165) is 11.1 Å². The highest BCUT2D eigenvalue weighted by Crippen LogP contribution is 2.25. The van der Waals surface area contributed by atoms with Crippen LogP contribution in [0.15, 0.2) is 79.0 Å². The number of nitrogens with one attached hydrogen (secondary N) is 3. The Kier molecular flexibility index (Phi) is 12.8. The predicted molar refractivity (Wildman–Crippen MR) is 157 cm³/mol. The van der Waals surface area contributed by atoms with Crippen LogP contribution in [0.4, 0.5) is 19.0 Å². The lowest BCUT2D eigenvalue weighted by Gasteiger charge is -2.24. The lowest BCUT2D eigenvalue weighted by molar-refractivity contribution is -0.202. The fourth-order valence-electron chi connectivity index (χ4n) is 4.22. The molecule has 0 saturated heterocycles. The Morgan fingerprint density at radius 3 is 2.18 bits per heavy atom. The first-order chi connectivity index (χ1) is 21.1. The second kappa shape index (κ2) is 16.8. The lowest BCUT2D eigenvalue weighted by Crippen LogP contribution is -2.48. The van der Waals surface area contributed by atoms with Crippen molar-refractivity contribution in [2.45, 2.75) is 50.4 Å². The van der Waals surface area contributed by atoms with Crippen molar-refractivity contribution in [3.05, 3.63) is 84.6 Å². The van der Waals surface area contributed by atoms with E-state index in [2.05, 4.69) is 25.7 Å². The normalized spacial score (nSPS) is 12.5. The van der Waals surface area contributed by atoms with Crippen LogP contribution in [0.2, 0.25) is 0 Å². The zero-order valence-corrected chi connectivity index (χ0v) is 23.8. The monoisotopic (exact) mass is 613 g/mol. The number of pyridine rings is 1. The molecule has 5 N–H and O–H groups in total. The zero-order valence-electron chi connectivity index (χ0n) is 23.8. The van der Waals surface area contributed by atoms with Crippen molar-refractivity contribution in [1.82, 2.24) is 15.6 Å². The van der Waals surface area contributed by atoms with E-state index in [0.29, 0.717) is 30.8 Å². The topological polar surface area (TPSA) is 153 Å². The summed E-state index contributed by atoms with van der Waals surface area (Å²) < 4.78 is 42.0. The fourth-order valence-corrected chi connectivity index (χ4v) is 4.22. The number of halogens is 3. The Morgan fingerprint density at radius 2 is 1.55 bits per heavy atom. The van der Waals surface area contributed by atoms with Crippen LogP contribution in [0.1, 0.15) is 43.7 Å². The zero-order chi connectivity index (χ0) is 32.0. The average Bonchev–Trinajstić information content (AvgIpc) is 3.01. The average molecular weight is 614 g/mol. The summed E-state index contributed by atoms with van der Waals surface area (Å²) in [4.78, 5) is 53.7. The number of hydrogen-bond donors (Lipinski definition) is 4. The summed E-state index contributed by atoms with van der Waals surface area (Å²) >= 11 is 0. The number of nitrogens with two attached hydrogens (primary N) is 1. The molecule has 13 heteroatoms. The number of aromatic nitrogens is 1. The van der Waals surface area contributed by atoms with Gasteiger partial charge in [0.2, 0.25) is 11.8 Å². The Bertz CT molecular complexity index is 1370. The second-order valence-corrected chi connectivity index (χ2v) is 9.81. The molecule has 10 nitrogen and oxygen atoms in total. The minimum Gasteiger partial charge on any atom is -0.386 e. The van der Waals surface area contributed by atoms with Crippen LogP contribution < -0.4 is 21.7 Å². The summed E-state index contributed by atoms with van der Waals surface area (Å²) in [6.45, 7) is 0.702. The van der Waals surface area contributed by atoms with E-state index >= 15 is 0 Å². The molecule has 1 aromatic heterocycles. The van der Waals surface area contributed by atoms with Gasteiger partial charge in [-0.25, -0.2) is 9.78 Å². The first-order valence-corrected chi connectivity index (χ1v) is 14.0. The highest BCUT2D eigenvalue weighted by molar-refractivity contribution is 5.90. The second-order valence-electron chi connectivity index (χ2n) is 9.81. The molecule has 2 atom stereocenters. The molecule has 2 aromatic carbocycles. The van der Waals surface area contributed by atoms with Crippen molar-refractivity contribution < 1.29 is 37.1 Å². The highest BCUT2D eigenvalue weighted by atomic mass is 19.4. The summed E-state index contributed by atoms with van der Waals surface area (Å²) in [6.07, 6.45) is -3.39. The van der Waals surface area contributed by atoms with Crippen LogP contribution in [0.25, 0.3) is 11.1 Å². The van der Waals surface area contributed by atoms with Gasteiger partial charge in [-0.2, -0.15) is 13.2 Å². The number of hydrogen-bond acceptors (Lipinski definition) is 8. The number of nitrogens with zero attached hydrogens (tertiary/aromatic N) is 1. The third kappa shape index (κ3) is 11.1. The molecule has 1 unspecified atom stereocenters. The van der Waals surface area contributed by atoms with Crippen molar-refractivity contribution in [2.75, 3.05) is 18.4 Å². The van der Waals surface area contributed by atoms with Gasteiger partial charge >= 0.3 is 18.1 Å². The molecule has 0 radical (unpaired) electrons. The molecule has 0 aliphatic heterocycles. The molecule has 0 saturated carbocycles. The van der Waals surface area contributed by atoms with E-state index in [1.54, 1.807) is 42.6 Å². The van der Waals surface area contributed by atoms with Crippen molar-refractivity contribution in [3.8, 4) is 11.1 Å². The molecular weight excluding hydrogens is 579 g/mol. The maximum Gasteiger partial charge on any atom is 0.491 e. The molecule has 3 rings (SSSR count). The number of ether oxygens (including phenoxy) is 1. The molecule has 234 valence electrons. The lowest BCUT2D eigenvalue weighted by atomic mass is 9.98. The maximum atomic E-state index is 13.3. The molecule has 0 spiro atoms. The van der Waals surface area contributed by atoms with Crippen molar-refractivity contribution in [2.24, 2.45) is 5.73 Å². The molecule has 0 aliphatic carbocycles. The third-order valence-electron chi connectivity index (χ3n) is 6.45. The number of alkyl halides is 3. The quantitative estimate of drug-likeness (QED) is 0.114. The Hall–Kier alpha value is -4.78. The summed E-state index contributed by atoms with van der Waals surface area (Å²) in [5.41, 5.74) is 7.71. The van der Waals surface area contributed by atoms with Gasteiger partial charge in [0.1, 0.15) is 11.9 Å². The van der Waals surface area contributed by atoms with Crippen LogP contribution in [0, 0.1) is 0 Å². The van der Waals surface area contributed by atoms with Crippen molar-refractivity contribution in [3.63, 3.8) is 0 Å². The largest absolute Gasteiger partial charge is 0.491 e. The van der Waals surface area contributed by atoms with E-state index in [-0.39, 0.29) is 19.4 Å². The predicted octanol–water partition coefficient (Wildman–Crippen LogP) is 4.04. The van der Waals surface area contributed by atoms with E-state index in [1.165, 1.54) is 0 Å². The number of benzene rings is 2. The van der Waals surface area contributed by atoms with Crippen LogP contribution in [-0.4, -0.2) is 54.0 Å². The van der Waals surface area contributed by atoms with E-state index in [9.17, 15) is 32.3 Å². The number of amides is 2. The number of anilines is 1. The summed E-state index contributed by atoms with van der Waals surface area (Å²) in [5, 5.41) is 8.39. The minimum absolute atomic E-state index is 0.0997. The van der Waals surface area contributed by atoms with Gasteiger partial charge in [0.25, 0.3) is 0 Å². The Labute approximate surface area is 252 Å². The van der Waals surface area contributed by atoms with Gasteiger partial charge in [0, 0.05) is 19.2 Å². The van der Waals surface area contributed by atoms with E-state index in [1.807, 2.05) is 36.4 Å². The van der Waals surface area contributed by atoms with Crippen LogP contribution >= 0.6 is 0 Å². The van der Waals surface area contributed by atoms with Gasteiger partial charge in [-0.05, 0) is 54.6 Å². The first kappa shape index (κ1) is 33.7. The molecule has 3 aromatic rings. The standard InChI is InChI=1S/C31H34F3N5O5/c32-31(33,34)30(43)44-28(41)20-25(23-15-13-22(14-16-23)21-8-2-1-3-9-21)39-29(42)24(10-6-17-35)38-27(40)12-7-19-37-26-11-4-5-18-36-26/h1-5,8-9,11,13-16,18,24-25H,6-7,10,12,17,19-20,35H2,(H,36,37)(H,38,40)(H,39,42)/t24-,25?/m0/s1. The molecule has 0 aliphatic rings. The van der Waals surface area contributed by atoms with Gasteiger partial charge in [-0.3, -0.25) is 14.4 Å². The van der Waals surface area contributed by atoms with Crippen molar-refractivity contribution >= 4 is 29.6 Å². The minimum atomic E-state index is -5.36. The van der Waals surface area contributed by atoms with Crippen molar-refractivity contribution in [1.29, 1.82) is 0 Å². The summed E-state index contributed by atoms with van der Waals surface area (Å²) in [7, 11) is 0. The van der Waals surface area contributed by atoms with Gasteiger partial charge < -0.3 is 26.4 Å². The molecule has 2 amide bonds. The molecule has 1 heterocycles. The molecule has 0 bridgehead atoms. The molecule has 44 heavy (non-hydrogen) atoms. The fraction of sp³-hybridized carbons (Fsp3) is 0.323. The molecule has 0 fully saturated rings. The van der Waals surface area contributed by atoms with Gasteiger partial charge in [0.15, 0.2) is 0 Å². The number of esters is 2. The summed E-state index contributed by atoms with van der Waals surface area (Å²) in [5.74, 6) is -4.55. The van der Waals surface area contributed by atoms with Crippen LogP contribution in [0.3, 0.4) is 0 Å². The van der Waals surface area contributed by atoms with Crippen LogP contribution in [-0.2, 0) is 23.9 Å². The SMILES string of the molecule is NCCC[C@H](NC(=O)CCCNc1ccccn1)C(=O)NC(CC(=O)OC(=O)C(F)(F)F)c1ccc(-c2ccccc2)cc1. The van der Waals surface area contributed by atoms with E-state index < -0.39 is 48.4 Å². The highest BCUT2D eigenvalue weighted by Gasteiger charge is 2.42. The third-order valence-corrected chi connectivity index (χ3v) is 6.45. The van der Waals surface area contributed by atoms with Gasteiger partial charge in [0.05, 0.1) is 12.5 Å².